The Bertz CT molecular complexity index is 708. The molecule has 0 aliphatic rings. The second-order valence-electron chi connectivity index (χ2n) is 4.65. The number of anilines is 1. The van der Waals surface area contributed by atoms with Gasteiger partial charge in [0.25, 0.3) is 0 Å². The van der Waals surface area contributed by atoms with Crippen molar-refractivity contribution in [3.63, 3.8) is 0 Å². The van der Waals surface area contributed by atoms with Crippen LogP contribution in [0, 0.1) is 0 Å². The van der Waals surface area contributed by atoms with E-state index in [-0.39, 0.29) is 0 Å². The van der Waals surface area contributed by atoms with E-state index in [9.17, 15) is 0 Å². The smallest absolute Gasteiger partial charge is 0.0730 e. The number of rotatable bonds is 4. The Labute approximate surface area is 118 Å². The van der Waals surface area contributed by atoms with Crippen LogP contribution in [0.2, 0.25) is 0 Å². The molecule has 3 N–H and O–H groups in total. The van der Waals surface area contributed by atoms with Crippen LogP contribution in [-0.2, 0) is 0 Å². The van der Waals surface area contributed by atoms with Crippen molar-refractivity contribution >= 4 is 16.6 Å². The van der Waals surface area contributed by atoms with Gasteiger partial charge >= 0.3 is 0 Å². The van der Waals surface area contributed by atoms with E-state index in [1.54, 1.807) is 0 Å². The summed E-state index contributed by atoms with van der Waals surface area (Å²) in [5, 5.41) is 4.51. The van der Waals surface area contributed by atoms with Gasteiger partial charge in [0.1, 0.15) is 0 Å². The highest BCUT2D eigenvalue weighted by molar-refractivity contribution is 5.93. The van der Waals surface area contributed by atoms with E-state index in [1.165, 1.54) is 0 Å². The minimum Gasteiger partial charge on any atom is -0.383 e. The second-order valence-corrected chi connectivity index (χ2v) is 4.65. The van der Waals surface area contributed by atoms with Crippen LogP contribution in [-0.4, -0.2) is 18.1 Å². The summed E-state index contributed by atoms with van der Waals surface area (Å²) in [5.41, 5.74) is 9.76. The number of para-hydroxylation sites is 1. The van der Waals surface area contributed by atoms with Crippen LogP contribution in [0.4, 0.5) is 5.69 Å². The molecule has 0 fully saturated rings. The SMILES string of the molecule is NCCNc1cc(-c2ccccc2)nc2ccccc12. The molecule has 1 aromatic heterocycles. The summed E-state index contributed by atoms with van der Waals surface area (Å²) in [5.74, 6) is 0. The molecule has 0 saturated heterocycles. The fraction of sp³-hybridized carbons (Fsp3) is 0.118. The third-order valence-corrected chi connectivity index (χ3v) is 3.25. The zero-order valence-corrected chi connectivity index (χ0v) is 11.2. The minimum atomic E-state index is 0.608. The van der Waals surface area contributed by atoms with Crippen LogP contribution in [0.5, 0.6) is 0 Å². The summed E-state index contributed by atoms with van der Waals surface area (Å²) in [7, 11) is 0. The second kappa shape index (κ2) is 5.72. The van der Waals surface area contributed by atoms with E-state index in [2.05, 4.69) is 29.6 Å². The van der Waals surface area contributed by atoms with Crippen molar-refractivity contribution in [3.8, 4) is 11.3 Å². The van der Waals surface area contributed by atoms with Gasteiger partial charge in [0, 0.05) is 29.7 Å². The van der Waals surface area contributed by atoms with Gasteiger partial charge in [0.2, 0.25) is 0 Å². The van der Waals surface area contributed by atoms with Crippen molar-refractivity contribution in [1.29, 1.82) is 0 Å². The molecule has 20 heavy (non-hydrogen) atoms. The first-order chi connectivity index (χ1) is 9.88. The maximum absolute atomic E-state index is 5.59. The zero-order chi connectivity index (χ0) is 13.8. The van der Waals surface area contributed by atoms with Gasteiger partial charge in [-0.15, -0.1) is 0 Å². The summed E-state index contributed by atoms with van der Waals surface area (Å²) in [6.07, 6.45) is 0. The standard InChI is InChI=1S/C17H17N3/c18-10-11-19-17-12-16(13-6-2-1-3-7-13)20-15-9-5-4-8-14(15)17/h1-9,12H,10-11,18H2,(H,19,20). The van der Waals surface area contributed by atoms with Gasteiger partial charge in [-0.1, -0.05) is 48.5 Å². The first-order valence-electron chi connectivity index (χ1n) is 6.77. The van der Waals surface area contributed by atoms with Crippen molar-refractivity contribution in [2.24, 2.45) is 5.73 Å². The monoisotopic (exact) mass is 263 g/mol. The zero-order valence-electron chi connectivity index (χ0n) is 11.2. The molecular weight excluding hydrogens is 246 g/mol. The van der Waals surface area contributed by atoms with Gasteiger partial charge in [0.15, 0.2) is 0 Å². The Hall–Kier alpha value is -2.39. The number of benzene rings is 2. The number of aromatic nitrogens is 1. The summed E-state index contributed by atoms with van der Waals surface area (Å²) >= 11 is 0. The Balaban J connectivity index is 2.14. The highest BCUT2D eigenvalue weighted by atomic mass is 14.9. The fourth-order valence-electron chi connectivity index (χ4n) is 2.29. The van der Waals surface area contributed by atoms with E-state index in [4.69, 9.17) is 10.7 Å². The molecule has 0 aliphatic carbocycles. The predicted molar refractivity (Wildman–Crippen MR) is 84.7 cm³/mol. The highest BCUT2D eigenvalue weighted by Gasteiger charge is 2.06. The molecule has 3 heteroatoms. The quantitative estimate of drug-likeness (QED) is 0.759. The number of fused-ring (bicyclic) bond motifs is 1. The normalized spacial score (nSPS) is 10.7. The number of nitrogens with zero attached hydrogens (tertiary/aromatic N) is 1. The first-order valence-corrected chi connectivity index (χ1v) is 6.77. The van der Waals surface area contributed by atoms with Gasteiger partial charge in [-0.3, -0.25) is 0 Å². The van der Waals surface area contributed by atoms with Crippen LogP contribution < -0.4 is 11.1 Å². The Morgan fingerprint density at radius 2 is 1.70 bits per heavy atom. The molecule has 0 unspecified atom stereocenters. The Morgan fingerprint density at radius 3 is 2.50 bits per heavy atom. The van der Waals surface area contributed by atoms with Crippen LogP contribution in [0.1, 0.15) is 0 Å². The lowest BCUT2D eigenvalue weighted by molar-refractivity contribution is 1.03. The molecule has 0 saturated carbocycles. The van der Waals surface area contributed by atoms with Gasteiger partial charge in [-0.2, -0.15) is 0 Å². The van der Waals surface area contributed by atoms with Gasteiger partial charge in [-0.25, -0.2) is 4.98 Å². The third-order valence-electron chi connectivity index (χ3n) is 3.25. The van der Waals surface area contributed by atoms with Crippen LogP contribution in [0.15, 0.2) is 60.7 Å². The molecule has 2 aromatic carbocycles. The predicted octanol–water partition coefficient (Wildman–Crippen LogP) is 3.27. The first kappa shape index (κ1) is 12.6. The molecule has 0 amide bonds. The van der Waals surface area contributed by atoms with E-state index < -0.39 is 0 Å². The highest BCUT2D eigenvalue weighted by Crippen LogP contribution is 2.27. The average molecular weight is 263 g/mol. The summed E-state index contributed by atoms with van der Waals surface area (Å²) in [6, 6.07) is 20.5. The summed E-state index contributed by atoms with van der Waals surface area (Å²) < 4.78 is 0. The maximum atomic E-state index is 5.59. The minimum absolute atomic E-state index is 0.608. The van der Waals surface area contributed by atoms with Crippen molar-refractivity contribution in [3.05, 3.63) is 60.7 Å². The van der Waals surface area contributed by atoms with Crippen molar-refractivity contribution < 1.29 is 0 Å². The van der Waals surface area contributed by atoms with Crippen LogP contribution >= 0.6 is 0 Å². The van der Waals surface area contributed by atoms with Gasteiger partial charge in [-0.05, 0) is 12.1 Å². The summed E-state index contributed by atoms with van der Waals surface area (Å²) in [4.78, 5) is 4.74. The number of hydrogen-bond donors (Lipinski definition) is 2. The van der Waals surface area contributed by atoms with Crippen LogP contribution in [0.25, 0.3) is 22.2 Å². The van der Waals surface area contributed by atoms with E-state index in [0.717, 1.165) is 34.4 Å². The number of pyridine rings is 1. The molecule has 3 rings (SSSR count). The van der Waals surface area contributed by atoms with Gasteiger partial charge in [0.05, 0.1) is 11.2 Å². The molecule has 3 aromatic rings. The molecule has 3 nitrogen and oxygen atoms in total. The average Bonchev–Trinajstić information content (AvgIpc) is 2.53. The lowest BCUT2D eigenvalue weighted by atomic mass is 10.1. The lowest BCUT2D eigenvalue weighted by Crippen LogP contribution is -2.13. The van der Waals surface area contributed by atoms with E-state index >= 15 is 0 Å². The number of hydrogen-bond acceptors (Lipinski definition) is 3. The van der Waals surface area contributed by atoms with Gasteiger partial charge < -0.3 is 11.1 Å². The molecule has 0 bridgehead atoms. The third kappa shape index (κ3) is 2.49. The molecule has 0 spiro atoms. The Morgan fingerprint density at radius 1 is 0.950 bits per heavy atom. The number of nitrogens with one attached hydrogen (secondary N) is 1. The van der Waals surface area contributed by atoms with Crippen molar-refractivity contribution in [2.45, 2.75) is 0 Å². The molecule has 100 valence electrons. The van der Waals surface area contributed by atoms with Crippen molar-refractivity contribution in [2.75, 3.05) is 18.4 Å². The fourth-order valence-corrected chi connectivity index (χ4v) is 2.29. The molecule has 0 atom stereocenters. The van der Waals surface area contributed by atoms with E-state index in [0.29, 0.717) is 6.54 Å². The summed E-state index contributed by atoms with van der Waals surface area (Å²) in [6.45, 7) is 1.36. The topological polar surface area (TPSA) is 50.9 Å². The largest absolute Gasteiger partial charge is 0.383 e. The van der Waals surface area contributed by atoms with Crippen LogP contribution in [0.3, 0.4) is 0 Å². The van der Waals surface area contributed by atoms with Crippen molar-refractivity contribution in [1.82, 2.24) is 4.98 Å². The molecule has 0 aliphatic heterocycles. The Kier molecular flexibility index (Phi) is 3.61. The molecule has 0 radical (unpaired) electrons. The maximum Gasteiger partial charge on any atom is 0.0730 e. The van der Waals surface area contributed by atoms with E-state index in [1.807, 2.05) is 36.4 Å². The number of nitrogens with two attached hydrogens (primary N) is 1. The molecular formula is C17H17N3. The lowest BCUT2D eigenvalue weighted by Gasteiger charge is -2.11. The molecule has 1 heterocycles.